The maximum atomic E-state index is 12.4. The first-order valence-electron chi connectivity index (χ1n) is 6.91. The lowest BCUT2D eigenvalue weighted by atomic mass is 10.1. The Bertz CT molecular complexity index is 551. The number of phenolic OH excluding ortho intramolecular Hbond substituents is 1. The second-order valence-electron chi connectivity index (χ2n) is 5.38. The Morgan fingerprint density at radius 1 is 1.29 bits per heavy atom. The van der Waals surface area contributed by atoms with Gasteiger partial charge in [0.2, 0.25) is 0 Å². The van der Waals surface area contributed by atoms with E-state index in [1.165, 1.54) is 6.07 Å². The molecule has 0 spiro atoms. The standard InChI is InChI=1S/C14H19N3O4/c1-10(2)15-5-7-16(8-6-15)14(19)12-9-11(18)3-4-13(12)17(20)21/h3-4,9-10,18H,5-8H2,1-2H3. The van der Waals surface area contributed by atoms with Crippen LogP contribution in [0.3, 0.4) is 0 Å². The average molecular weight is 293 g/mol. The van der Waals surface area contributed by atoms with Crippen molar-refractivity contribution in [3.63, 3.8) is 0 Å². The molecule has 1 amide bonds. The minimum absolute atomic E-state index is 0.0574. The van der Waals surface area contributed by atoms with Crippen molar-refractivity contribution in [2.24, 2.45) is 0 Å². The Kier molecular flexibility index (Phi) is 4.42. The summed E-state index contributed by atoms with van der Waals surface area (Å²) in [4.78, 5) is 26.7. The molecule has 0 atom stereocenters. The third-order valence-electron chi connectivity index (χ3n) is 3.74. The predicted molar refractivity (Wildman–Crippen MR) is 77.4 cm³/mol. The first kappa shape index (κ1) is 15.2. The molecule has 2 rings (SSSR count). The van der Waals surface area contributed by atoms with E-state index < -0.39 is 10.8 Å². The fraction of sp³-hybridized carbons (Fsp3) is 0.500. The van der Waals surface area contributed by atoms with E-state index in [1.807, 2.05) is 0 Å². The zero-order valence-corrected chi connectivity index (χ0v) is 12.2. The van der Waals surface area contributed by atoms with E-state index >= 15 is 0 Å². The van der Waals surface area contributed by atoms with Gasteiger partial charge in [-0.15, -0.1) is 0 Å². The SMILES string of the molecule is CC(C)N1CCN(C(=O)c2cc(O)ccc2[N+](=O)[O-])CC1. The third kappa shape index (κ3) is 3.30. The molecule has 1 fully saturated rings. The van der Waals surface area contributed by atoms with Crippen LogP contribution in [0.4, 0.5) is 5.69 Å². The van der Waals surface area contributed by atoms with Crippen LogP contribution in [-0.2, 0) is 0 Å². The first-order valence-corrected chi connectivity index (χ1v) is 6.91. The van der Waals surface area contributed by atoms with E-state index in [-0.39, 0.29) is 17.0 Å². The third-order valence-corrected chi connectivity index (χ3v) is 3.74. The van der Waals surface area contributed by atoms with Crippen molar-refractivity contribution in [3.8, 4) is 5.75 Å². The molecule has 1 heterocycles. The summed E-state index contributed by atoms with van der Waals surface area (Å²) < 4.78 is 0. The minimum atomic E-state index is -0.600. The molecule has 0 aliphatic carbocycles. The minimum Gasteiger partial charge on any atom is -0.508 e. The molecule has 1 aromatic rings. The number of carbonyl (C=O) groups excluding carboxylic acids is 1. The maximum absolute atomic E-state index is 12.4. The highest BCUT2D eigenvalue weighted by atomic mass is 16.6. The van der Waals surface area contributed by atoms with Gasteiger partial charge in [0, 0.05) is 38.3 Å². The number of hydrogen-bond donors (Lipinski definition) is 1. The van der Waals surface area contributed by atoms with Gasteiger partial charge in [-0.2, -0.15) is 0 Å². The quantitative estimate of drug-likeness (QED) is 0.673. The maximum Gasteiger partial charge on any atom is 0.282 e. The lowest BCUT2D eigenvalue weighted by Gasteiger charge is -2.36. The number of rotatable bonds is 3. The molecule has 0 unspecified atom stereocenters. The number of piperazine rings is 1. The van der Waals surface area contributed by atoms with Crippen LogP contribution in [0.2, 0.25) is 0 Å². The molecule has 7 nitrogen and oxygen atoms in total. The lowest BCUT2D eigenvalue weighted by molar-refractivity contribution is -0.385. The zero-order valence-electron chi connectivity index (χ0n) is 12.2. The Hall–Kier alpha value is -2.15. The summed E-state index contributed by atoms with van der Waals surface area (Å²) in [6.45, 7) is 6.74. The number of phenols is 1. The van der Waals surface area contributed by atoms with Gasteiger partial charge in [0.25, 0.3) is 11.6 Å². The molecular formula is C14H19N3O4. The summed E-state index contributed by atoms with van der Waals surface area (Å²) in [6, 6.07) is 3.95. The van der Waals surface area contributed by atoms with Crippen LogP contribution in [0, 0.1) is 10.1 Å². The Morgan fingerprint density at radius 3 is 2.43 bits per heavy atom. The summed E-state index contributed by atoms with van der Waals surface area (Å²) in [5, 5.41) is 20.5. The van der Waals surface area contributed by atoms with Gasteiger partial charge < -0.3 is 10.0 Å². The van der Waals surface area contributed by atoms with E-state index in [9.17, 15) is 20.0 Å². The number of aromatic hydroxyl groups is 1. The van der Waals surface area contributed by atoms with E-state index in [4.69, 9.17) is 0 Å². The van der Waals surface area contributed by atoms with Crippen molar-refractivity contribution in [1.82, 2.24) is 9.80 Å². The van der Waals surface area contributed by atoms with Crippen LogP contribution in [0.5, 0.6) is 5.75 Å². The van der Waals surface area contributed by atoms with Crippen molar-refractivity contribution in [2.45, 2.75) is 19.9 Å². The van der Waals surface area contributed by atoms with Crippen LogP contribution in [-0.4, -0.2) is 58.0 Å². The van der Waals surface area contributed by atoms with Crippen LogP contribution in [0.1, 0.15) is 24.2 Å². The molecule has 0 radical (unpaired) electrons. The fourth-order valence-electron chi connectivity index (χ4n) is 2.47. The van der Waals surface area contributed by atoms with Gasteiger partial charge in [-0.05, 0) is 26.0 Å². The van der Waals surface area contributed by atoms with Gasteiger partial charge in [-0.25, -0.2) is 0 Å². The second kappa shape index (κ2) is 6.09. The number of nitrogens with zero attached hydrogens (tertiary/aromatic N) is 3. The van der Waals surface area contributed by atoms with Crippen LogP contribution in [0.25, 0.3) is 0 Å². The first-order chi connectivity index (χ1) is 9.90. The molecule has 0 bridgehead atoms. The average Bonchev–Trinajstić information content (AvgIpc) is 2.46. The second-order valence-corrected chi connectivity index (χ2v) is 5.38. The topological polar surface area (TPSA) is 86.9 Å². The molecule has 21 heavy (non-hydrogen) atoms. The number of benzene rings is 1. The molecule has 1 aliphatic rings. The van der Waals surface area contributed by atoms with Crippen molar-refractivity contribution >= 4 is 11.6 Å². The summed E-state index contributed by atoms with van der Waals surface area (Å²) in [7, 11) is 0. The summed E-state index contributed by atoms with van der Waals surface area (Å²) in [5.41, 5.74) is -0.331. The number of amides is 1. The highest BCUT2D eigenvalue weighted by Crippen LogP contribution is 2.25. The van der Waals surface area contributed by atoms with E-state index in [1.54, 1.807) is 4.90 Å². The number of carbonyl (C=O) groups is 1. The van der Waals surface area contributed by atoms with Gasteiger partial charge >= 0.3 is 0 Å². The highest BCUT2D eigenvalue weighted by Gasteiger charge is 2.28. The monoisotopic (exact) mass is 293 g/mol. The molecule has 1 aliphatic heterocycles. The zero-order chi connectivity index (χ0) is 15.6. The molecule has 1 N–H and O–H groups in total. The van der Waals surface area contributed by atoms with Gasteiger partial charge in [0.15, 0.2) is 0 Å². The summed E-state index contributed by atoms with van der Waals surface area (Å²) >= 11 is 0. The van der Waals surface area contributed by atoms with Crippen LogP contribution < -0.4 is 0 Å². The molecule has 1 saturated heterocycles. The molecule has 7 heteroatoms. The normalized spacial score (nSPS) is 16.2. The Morgan fingerprint density at radius 2 is 1.90 bits per heavy atom. The van der Waals surface area contributed by atoms with Crippen molar-refractivity contribution < 1.29 is 14.8 Å². The van der Waals surface area contributed by atoms with Gasteiger partial charge in [0.1, 0.15) is 11.3 Å². The predicted octanol–water partition coefficient (Wildman–Crippen LogP) is 1.47. The number of nitro benzene ring substituents is 1. The summed E-state index contributed by atoms with van der Waals surface area (Å²) in [5.74, 6) is -0.550. The Balaban J connectivity index is 2.18. The van der Waals surface area contributed by atoms with E-state index in [0.29, 0.717) is 19.1 Å². The van der Waals surface area contributed by atoms with Crippen molar-refractivity contribution in [3.05, 3.63) is 33.9 Å². The molecule has 0 aromatic heterocycles. The molecular weight excluding hydrogens is 274 g/mol. The van der Waals surface area contributed by atoms with Crippen molar-refractivity contribution in [2.75, 3.05) is 26.2 Å². The fourth-order valence-corrected chi connectivity index (χ4v) is 2.47. The van der Waals surface area contributed by atoms with Gasteiger partial charge in [0.05, 0.1) is 4.92 Å². The lowest BCUT2D eigenvalue weighted by Crippen LogP contribution is -2.50. The van der Waals surface area contributed by atoms with Crippen molar-refractivity contribution in [1.29, 1.82) is 0 Å². The molecule has 114 valence electrons. The summed E-state index contributed by atoms with van der Waals surface area (Å²) in [6.07, 6.45) is 0. The molecule has 1 aromatic carbocycles. The number of hydrogen-bond acceptors (Lipinski definition) is 5. The van der Waals surface area contributed by atoms with Gasteiger partial charge in [-0.1, -0.05) is 0 Å². The van der Waals surface area contributed by atoms with Crippen LogP contribution in [0.15, 0.2) is 18.2 Å². The number of nitro groups is 1. The van der Waals surface area contributed by atoms with E-state index in [2.05, 4.69) is 18.7 Å². The largest absolute Gasteiger partial charge is 0.508 e. The molecule has 0 saturated carbocycles. The van der Waals surface area contributed by atoms with Gasteiger partial charge in [-0.3, -0.25) is 19.8 Å². The van der Waals surface area contributed by atoms with Crippen LogP contribution >= 0.6 is 0 Å². The smallest absolute Gasteiger partial charge is 0.282 e. The Labute approximate surface area is 122 Å². The van der Waals surface area contributed by atoms with E-state index in [0.717, 1.165) is 25.2 Å². The highest BCUT2D eigenvalue weighted by molar-refractivity contribution is 5.98.